The van der Waals surface area contributed by atoms with Gasteiger partial charge in [0.25, 0.3) is 0 Å². The lowest BCUT2D eigenvalue weighted by atomic mass is 10.1. The van der Waals surface area contributed by atoms with Crippen LogP contribution in [0.15, 0.2) is 47.4 Å². The molecular weight excluding hydrogens is 399 g/mol. The molecule has 0 radical (unpaired) electrons. The highest BCUT2D eigenvalue weighted by atomic mass is 32.2. The Balaban J connectivity index is 1.32. The van der Waals surface area contributed by atoms with Gasteiger partial charge in [0, 0.05) is 45.5 Å². The Bertz CT molecular complexity index is 910. The van der Waals surface area contributed by atoms with Crippen LogP contribution in [0.1, 0.15) is 11.1 Å². The Morgan fingerprint density at radius 3 is 2.52 bits per heavy atom. The third-order valence-electron chi connectivity index (χ3n) is 5.62. The second-order valence-corrected chi connectivity index (χ2v) is 8.99. The fourth-order valence-electron chi connectivity index (χ4n) is 3.92. The predicted octanol–water partition coefficient (Wildman–Crippen LogP) is 3.59. The fraction of sp³-hybridized carbons (Fsp3) is 0.429. The van der Waals surface area contributed by atoms with Gasteiger partial charge in [0.15, 0.2) is 0 Å². The highest BCUT2D eigenvalue weighted by Crippen LogP contribution is 2.32. The number of fused-ring (bicyclic) bond motifs is 1. The van der Waals surface area contributed by atoms with Crippen molar-refractivity contribution in [3.63, 3.8) is 0 Å². The van der Waals surface area contributed by atoms with Gasteiger partial charge in [-0.3, -0.25) is 9.11 Å². The molecule has 0 spiro atoms. The maximum absolute atomic E-state index is 12.9. The first-order valence-corrected chi connectivity index (χ1v) is 11.0. The molecule has 1 atom stereocenters. The number of anilines is 2. The van der Waals surface area contributed by atoms with E-state index < -0.39 is 22.5 Å². The van der Waals surface area contributed by atoms with Crippen LogP contribution < -0.4 is 9.80 Å². The molecule has 0 saturated carbocycles. The minimum atomic E-state index is -4.31. The largest absolute Gasteiger partial charge is 0.416 e. The van der Waals surface area contributed by atoms with Gasteiger partial charge < -0.3 is 9.80 Å². The van der Waals surface area contributed by atoms with Crippen molar-refractivity contribution in [1.29, 1.82) is 0 Å². The lowest BCUT2D eigenvalue weighted by Gasteiger charge is -2.36. The molecule has 0 amide bonds. The molecule has 29 heavy (non-hydrogen) atoms. The maximum atomic E-state index is 12.9. The molecule has 1 unspecified atom stereocenters. The van der Waals surface area contributed by atoms with Crippen molar-refractivity contribution in [2.24, 2.45) is 0 Å². The van der Waals surface area contributed by atoms with E-state index in [0.29, 0.717) is 24.7 Å². The van der Waals surface area contributed by atoms with E-state index in [0.717, 1.165) is 42.7 Å². The molecule has 2 heterocycles. The van der Waals surface area contributed by atoms with Gasteiger partial charge in [0.2, 0.25) is 0 Å². The smallest absolute Gasteiger partial charge is 0.369 e. The van der Waals surface area contributed by atoms with E-state index >= 15 is 0 Å². The molecule has 4 nitrogen and oxygen atoms in total. The number of piperazine rings is 1. The number of hydrogen-bond acceptors (Lipinski definition) is 4. The molecule has 156 valence electrons. The Morgan fingerprint density at radius 2 is 1.79 bits per heavy atom. The van der Waals surface area contributed by atoms with Gasteiger partial charge >= 0.3 is 6.18 Å². The highest BCUT2D eigenvalue weighted by Gasteiger charge is 2.31. The fourth-order valence-corrected chi connectivity index (χ4v) is 5.29. The van der Waals surface area contributed by atoms with Crippen molar-refractivity contribution in [3.8, 4) is 0 Å². The van der Waals surface area contributed by atoms with Crippen LogP contribution in [-0.2, 0) is 23.4 Å². The van der Waals surface area contributed by atoms with Gasteiger partial charge in [-0.2, -0.15) is 13.2 Å². The van der Waals surface area contributed by atoms with E-state index in [4.69, 9.17) is 0 Å². The zero-order valence-electron chi connectivity index (χ0n) is 16.3. The highest BCUT2D eigenvalue weighted by molar-refractivity contribution is 7.85. The first kappa shape index (κ1) is 20.2. The number of rotatable bonds is 4. The minimum Gasteiger partial charge on any atom is -0.369 e. The molecule has 4 rings (SSSR count). The van der Waals surface area contributed by atoms with E-state index in [-0.39, 0.29) is 0 Å². The molecule has 2 aliphatic heterocycles. The predicted molar refractivity (Wildman–Crippen MR) is 110 cm³/mol. The molecule has 0 bridgehead atoms. The second-order valence-electron chi connectivity index (χ2n) is 7.60. The van der Waals surface area contributed by atoms with Crippen LogP contribution in [0.5, 0.6) is 0 Å². The molecule has 2 aromatic rings. The summed E-state index contributed by atoms with van der Waals surface area (Å²) >= 11 is 0. The van der Waals surface area contributed by atoms with Gasteiger partial charge in [-0.25, -0.2) is 0 Å². The van der Waals surface area contributed by atoms with E-state index in [1.165, 1.54) is 17.7 Å². The Morgan fingerprint density at radius 1 is 1.03 bits per heavy atom. The first-order valence-electron chi connectivity index (χ1n) is 9.68. The topological polar surface area (TPSA) is 26.8 Å². The van der Waals surface area contributed by atoms with Crippen molar-refractivity contribution in [1.82, 2.24) is 4.90 Å². The quantitative estimate of drug-likeness (QED) is 0.751. The molecule has 8 heteroatoms. The van der Waals surface area contributed by atoms with Gasteiger partial charge in [0.1, 0.15) is 0 Å². The third kappa shape index (κ3) is 4.43. The van der Waals surface area contributed by atoms with Crippen LogP contribution in [0.3, 0.4) is 0 Å². The Labute approximate surface area is 171 Å². The summed E-state index contributed by atoms with van der Waals surface area (Å²) in [7, 11) is 0.996. The average molecular weight is 424 g/mol. The summed E-state index contributed by atoms with van der Waals surface area (Å²) in [6.07, 6.45) is -3.44. The zero-order chi connectivity index (χ0) is 20.6. The van der Waals surface area contributed by atoms with Crippen LogP contribution in [-0.4, -0.2) is 54.8 Å². The van der Waals surface area contributed by atoms with Crippen LogP contribution in [0.4, 0.5) is 24.5 Å². The summed E-state index contributed by atoms with van der Waals surface area (Å²) < 4.78 is 51.0. The van der Waals surface area contributed by atoms with Gasteiger partial charge in [0.05, 0.1) is 32.8 Å². The molecule has 1 saturated heterocycles. The van der Waals surface area contributed by atoms with Gasteiger partial charge in [-0.1, -0.05) is 12.1 Å². The van der Waals surface area contributed by atoms with Crippen LogP contribution >= 0.6 is 0 Å². The maximum Gasteiger partial charge on any atom is 0.416 e. The number of hydrogen-bond donors (Lipinski definition) is 0. The number of benzene rings is 2. The summed E-state index contributed by atoms with van der Waals surface area (Å²) in [5.41, 5.74) is 2.25. The van der Waals surface area contributed by atoms with Crippen molar-refractivity contribution < 1.29 is 17.4 Å². The summed E-state index contributed by atoms with van der Waals surface area (Å²) in [5, 5.41) is 0. The van der Waals surface area contributed by atoms with E-state index in [9.17, 15) is 17.4 Å². The average Bonchev–Trinajstić information content (AvgIpc) is 2.99. The molecular formula is C21H24F3N3OS. The van der Waals surface area contributed by atoms with Crippen molar-refractivity contribution in [2.75, 3.05) is 55.4 Å². The molecule has 0 aromatic heterocycles. The lowest BCUT2D eigenvalue weighted by Crippen LogP contribution is -2.47. The molecule has 2 aromatic carbocycles. The van der Waals surface area contributed by atoms with Crippen molar-refractivity contribution in [2.45, 2.75) is 17.5 Å². The monoisotopic (exact) mass is 423 g/mol. The normalized spacial score (nSPS) is 20.2. The number of nitrogens with zero attached hydrogens (tertiary/aromatic N) is 3. The van der Waals surface area contributed by atoms with Crippen LogP contribution in [0.2, 0.25) is 0 Å². The molecule has 2 aliphatic rings. The Hall–Kier alpha value is -2.06. The Kier molecular flexibility index (Phi) is 5.57. The number of alkyl halides is 3. The summed E-state index contributed by atoms with van der Waals surface area (Å²) in [5.74, 6) is 0.552. The molecule has 0 aliphatic carbocycles. The lowest BCUT2D eigenvalue weighted by molar-refractivity contribution is -0.137. The summed E-state index contributed by atoms with van der Waals surface area (Å²) in [4.78, 5) is 7.28. The minimum absolute atomic E-state index is 0.552. The third-order valence-corrected chi connectivity index (χ3v) is 7.06. The summed E-state index contributed by atoms with van der Waals surface area (Å²) in [6.45, 7) is 3.93. The zero-order valence-corrected chi connectivity index (χ0v) is 17.1. The second kappa shape index (κ2) is 7.99. The van der Waals surface area contributed by atoms with Crippen molar-refractivity contribution >= 4 is 22.2 Å². The van der Waals surface area contributed by atoms with E-state index in [2.05, 4.69) is 11.0 Å². The SMILES string of the molecule is CN1CS(=O)c2cc(CCN3CCN(c4cccc(C(F)(F)F)c4)CC3)ccc21. The first-order chi connectivity index (χ1) is 13.8. The molecule has 1 fully saturated rings. The van der Waals surface area contributed by atoms with Crippen molar-refractivity contribution in [3.05, 3.63) is 53.6 Å². The molecule has 0 N–H and O–H groups in total. The summed E-state index contributed by atoms with van der Waals surface area (Å²) in [6, 6.07) is 11.7. The van der Waals surface area contributed by atoms with E-state index in [1.807, 2.05) is 29.0 Å². The standard InChI is InChI=1S/C21H24F3N3OS/c1-25-15-29(28)20-13-16(5-6-19(20)25)7-8-26-9-11-27(12-10-26)18-4-2-3-17(14-18)21(22,23)24/h2-6,13-14H,7-12,15H2,1H3. The van der Waals surface area contributed by atoms with Crippen LogP contribution in [0, 0.1) is 0 Å². The van der Waals surface area contributed by atoms with Crippen LogP contribution in [0.25, 0.3) is 0 Å². The van der Waals surface area contributed by atoms with Gasteiger partial charge in [-0.05, 0) is 42.3 Å². The van der Waals surface area contributed by atoms with E-state index in [1.54, 1.807) is 6.07 Å². The van der Waals surface area contributed by atoms with Gasteiger partial charge in [-0.15, -0.1) is 0 Å². The number of halogens is 3.